The van der Waals surface area contributed by atoms with Gasteiger partial charge in [0, 0.05) is 198 Å². The highest BCUT2D eigenvalue weighted by atomic mass is 79.9. The van der Waals surface area contributed by atoms with Gasteiger partial charge in [0.15, 0.2) is 0 Å². The van der Waals surface area contributed by atoms with Crippen molar-refractivity contribution in [1.29, 1.82) is 0 Å². The summed E-state index contributed by atoms with van der Waals surface area (Å²) in [4.78, 5) is 7.06. The molecular weight excluding hydrogens is 1620 g/mol. The Bertz CT molecular complexity index is 7490. The number of thiophene rings is 6. The van der Waals surface area contributed by atoms with Crippen LogP contribution in [0.2, 0.25) is 10.0 Å². The minimum absolute atomic E-state index is 0.779. The number of para-hydroxylation sites is 5. The Hall–Kier alpha value is -11.7. The summed E-state index contributed by atoms with van der Waals surface area (Å²) in [5, 5.41) is 20.6. The molecule has 0 fully saturated rings. The van der Waals surface area contributed by atoms with Crippen molar-refractivity contribution in [2.24, 2.45) is 0 Å². The first kappa shape index (κ1) is 72.3. The summed E-state index contributed by atoms with van der Waals surface area (Å²) in [6, 6.07) is 138. The summed E-state index contributed by atoms with van der Waals surface area (Å²) < 4.78 is 16.6. The van der Waals surface area contributed by atoms with Gasteiger partial charge >= 0.3 is 0 Å². The number of benzene rings is 17. The zero-order valence-electron chi connectivity index (χ0n) is 61.4. The van der Waals surface area contributed by atoms with Crippen molar-refractivity contribution in [2.75, 3.05) is 20.0 Å². The number of rotatable bonds is 11. The monoisotopic (exact) mass is 1690 g/mol. The van der Waals surface area contributed by atoms with Gasteiger partial charge in [0.1, 0.15) is 0 Å². The van der Waals surface area contributed by atoms with E-state index in [1.807, 2.05) is 81.7 Å². The third kappa shape index (κ3) is 14.5. The van der Waals surface area contributed by atoms with Crippen LogP contribution in [0, 0.1) is 0 Å². The fourth-order valence-corrected chi connectivity index (χ4v) is 23.1. The molecule has 0 saturated heterocycles. The molecule has 6 heterocycles. The highest BCUT2D eigenvalue weighted by Crippen LogP contribution is 2.48. The van der Waals surface area contributed by atoms with Crippen LogP contribution in [-0.2, 0) is 0 Å². The smallest absolute Gasteiger partial charge is 0.0476 e. The molecule has 0 radical (unpaired) electrons. The van der Waals surface area contributed by atoms with Gasteiger partial charge in [0.25, 0.3) is 0 Å². The standard InChI is InChI=1S/C42H28N2S2.C30H18ClNS2.C18H13NS.C12H6BrClS/c1-4-12-29(13-5-1)43(30-14-6-2-7-15-30)33-21-24-37-38-26-32(22-25-40(38)46-42(37)27-33)44(31-16-8-3-9-17-31)34-20-23-36-35-18-10-11-19-39(35)45-41(36)28-34;31-19-10-13-25-26-17-21(12-15-28(26)34-29(25)16-19)32(20-6-2-1-3-7-20)22-11-14-24-23-8-4-5-9-27(23)33-30(24)18-22;1-2-6-13(7-3-1)19-14-10-11-16-15-8-4-5-9-17(15)20-18(16)12-14;13-7-1-4-11-10(5-7)9-3-2-8(14)6-12(9)15-11/h1-28H;1-18H;1-12,19H;1-6H. The Kier molecular flexibility index (Phi) is 19.9. The lowest BCUT2D eigenvalue weighted by Crippen LogP contribution is -2.09. The normalized spacial score (nSPS) is 11.4. The zero-order chi connectivity index (χ0) is 76.9. The third-order valence-electron chi connectivity index (χ3n) is 20.8. The number of hydrogen-bond acceptors (Lipinski definition) is 10. The predicted molar refractivity (Wildman–Crippen MR) is 515 cm³/mol. The number of nitrogens with zero attached hydrogens (tertiary/aromatic N) is 3. The van der Waals surface area contributed by atoms with Crippen LogP contribution < -0.4 is 20.0 Å². The first-order chi connectivity index (χ1) is 56.7. The van der Waals surface area contributed by atoms with E-state index in [0.717, 1.165) is 77.1 Å². The van der Waals surface area contributed by atoms with Gasteiger partial charge in [-0.25, -0.2) is 0 Å². The Balaban J connectivity index is 0.000000108. The molecule has 17 aromatic carbocycles. The molecule has 115 heavy (non-hydrogen) atoms. The Morgan fingerprint density at radius 2 is 0.443 bits per heavy atom. The van der Waals surface area contributed by atoms with E-state index in [9.17, 15) is 0 Å². The molecule has 13 heteroatoms. The van der Waals surface area contributed by atoms with Crippen LogP contribution in [0.5, 0.6) is 0 Å². The second-order valence-electron chi connectivity index (χ2n) is 28.0. The summed E-state index contributed by atoms with van der Waals surface area (Å²) in [5.74, 6) is 0. The molecule has 0 aliphatic carbocycles. The van der Waals surface area contributed by atoms with E-state index in [4.69, 9.17) is 23.2 Å². The lowest BCUT2D eigenvalue weighted by Gasteiger charge is -2.26. The van der Waals surface area contributed by atoms with Gasteiger partial charge in [-0.1, -0.05) is 221 Å². The molecule has 23 aromatic rings. The average Bonchev–Trinajstić information content (AvgIpc) is 1.38. The molecule has 4 nitrogen and oxygen atoms in total. The van der Waals surface area contributed by atoms with Crippen molar-refractivity contribution < 1.29 is 0 Å². The molecule has 1 N–H and O–H groups in total. The van der Waals surface area contributed by atoms with Crippen LogP contribution in [0.25, 0.3) is 121 Å². The second-order valence-corrected chi connectivity index (χ2v) is 36.3. The van der Waals surface area contributed by atoms with E-state index in [0.29, 0.717) is 0 Å². The van der Waals surface area contributed by atoms with Gasteiger partial charge in [-0.2, -0.15) is 0 Å². The minimum atomic E-state index is 0.779. The van der Waals surface area contributed by atoms with Crippen LogP contribution in [0.4, 0.5) is 62.6 Å². The van der Waals surface area contributed by atoms with E-state index in [1.165, 1.54) is 121 Å². The van der Waals surface area contributed by atoms with Crippen molar-refractivity contribution in [1.82, 2.24) is 0 Å². The first-order valence-electron chi connectivity index (χ1n) is 37.7. The van der Waals surface area contributed by atoms with Crippen molar-refractivity contribution in [3.63, 3.8) is 0 Å². The Morgan fingerprint density at radius 1 is 0.183 bits per heavy atom. The highest BCUT2D eigenvalue weighted by Gasteiger charge is 2.21. The summed E-state index contributed by atoms with van der Waals surface area (Å²) >= 11 is 26.7. The maximum Gasteiger partial charge on any atom is 0.0476 e. The molecule has 550 valence electrons. The van der Waals surface area contributed by atoms with Crippen LogP contribution in [-0.4, -0.2) is 0 Å². The third-order valence-corrected chi connectivity index (χ3v) is 28.5. The van der Waals surface area contributed by atoms with Crippen molar-refractivity contribution in [2.45, 2.75) is 0 Å². The fourth-order valence-electron chi connectivity index (χ4n) is 15.5. The fraction of sp³-hybridized carbons (Fsp3) is 0. The molecule has 0 saturated carbocycles. The summed E-state index contributed by atoms with van der Waals surface area (Å²) in [6.07, 6.45) is 0. The van der Waals surface area contributed by atoms with E-state index in [-0.39, 0.29) is 0 Å². The maximum absolute atomic E-state index is 6.26. The molecule has 0 bridgehead atoms. The SMILES string of the molecule is Clc1ccc2c(c1)sc1ccc(Br)cc12.Clc1ccc2c(c1)sc1ccc(N(c3ccccc3)c3ccc4c(c3)sc3ccccc34)cc12.c1ccc(N(c2ccccc2)c2ccc3c(c2)sc2ccc(N(c4ccccc4)c4ccc5c(c4)sc4ccccc45)cc23)cc1.c1ccc(Nc2ccc3c(c2)sc2ccccc23)cc1. The molecule has 0 amide bonds. The lowest BCUT2D eigenvalue weighted by atomic mass is 10.1. The number of fused-ring (bicyclic) bond motifs is 18. The van der Waals surface area contributed by atoms with E-state index < -0.39 is 0 Å². The average molecular weight is 1690 g/mol. The molecule has 6 aromatic heterocycles. The highest BCUT2D eigenvalue weighted by molar-refractivity contribution is 9.10. The van der Waals surface area contributed by atoms with Crippen LogP contribution >= 0.6 is 107 Å². The topological polar surface area (TPSA) is 21.8 Å². The van der Waals surface area contributed by atoms with Crippen LogP contribution in [0.1, 0.15) is 0 Å². The van der Waals surface area contributed by atoms with Gasteiger partial charge in [-0.3, -0.25) is 0 Å². The first-order valence-corrected chi connectivity index (χ1v) is 44.2. The van der Waals surface area contributed by atoms with Crippen molar-refractivity contribution >= 4 is 291 Å². The van der Waals surface area contributed by atoms with Gasteiger partial charge in [0.2, 0.25) is 0 Å². The van der Waals surface area contributed by atoms with Gasteiger partial charge < -0.3 is 20.0 Å². The van der Waals surface area contributed by atoms with Gasteiger partial charge in [-0.05, 0) is 206 Å². The van der Waals surface area contributed by atoms with E-state index in [1.54, 1.807) is 22.7 Å². The van der Waals surface area contributed by atoms with Crippen LogP contribution in [0.3, 0.4) is 0 Å². The molecule has 0 atom stereocenters. The molecule has 23 rings (SSSR count). The minimum Gasteiger partial charge on any atom is -0.355 e. The van der Waals surface area contributed by atoms with Crippen molar-refractivity contribution in [3.05, 3.63) is 403 Å². The van der Waals surface area contributed by atoms with E-state index >= 15 is 0 Å². The Morgan fingerprint density at radius 3 is 0.835 bits per heavy atom. The Labute approximate surface area is 706 Å². The second kappa shape index (κ2) is 31.6. The van der Waals surface area contributed by atoms with E-state index in [2.05, 4.69) is 388 Å². The largest absolute Gasteiger partial charge is 0.355 e. The predicted octanol–water partition coefficient (Wildman–Crippen LogP) is 35.2. The molecule has 0 unspecified atom stereocenters. The lowest BCUT2D eigenvalue weighted by molar-refractivity contribution is 1.29. The molecule has 0 aliphatic heterocycles. The molecular formula is C102H65BrCl2N4S6. The number of nitrogens with one attached hydrogen (secondary N) is 1. The van der Waals surface area contributed by atoms with Gasteiger partial charge in [0.05, 0.1) is 0 Å². The molecule has 0 spiro atoms. The van der Waals surface area contributed by atoms with Crippen LogP contribution in [0.15, 0.2) is 393 Å². The maximum atomic E-state index is 6.26. The molecule has 0 aliphatic rings. The number of anilines is 11. The zero-order valence-corrected chi connectivity index (χ0v) is 69.4. The van der Waals surface area contributed by atoms with Gasteiger partial charge in [-0.15, -0.1) is 68.0 Å². The summed E-state index contributed by atoms with van der Waals surface area (Å²) in [7, 11) is 0. The van der Waals surface area contributed by atoms with Crippen molar-refractivity contribution in [3.8, 4) is 0 Å². The quantitative estimate of drug-likeness (QED) is 0.139. The number of hydrogen-bond donors (Lipinski definition) is 1. The summed E-state index contributed by atoms with van der Waals surface area (Å²) in [5.41, 5.74) is 12.6. The number of halogens is 3. The summed E-state index contributed by atoms with van der Waals surface area (Å²) in [6.45, 7) is 0.